The first-order chi connectivity index (χ1) is 4.83. The third kappa shape index (κ3) is 0.717. The fourth-order valence-corrected chi connectivity index (χ4v) is 1.95. The molecule has 10 heavy (non-hydrogen) atoms. The molecule has 2 aliphatic rings. The molecule has 1 heterocycles. The summed E-state index contributed by atoms with van der Waals surface area (Å²) >= 11 is 0. The van der Waals surface area contributed by atoms with Crippen LogP contribution < -0.4 is 5.32 Å². The van der Waals surface area contributed by atoms with Crippen LogP contribution in [0.2, 0.25) is 0 Å². The Hall–Kier alpha value is -0.370. The van der Waals surface area contributed by atoms with Crippen molar-refractivity contribution < 1.29 is 4.79 Å². The Labute approximate surface area is 61.0 Å². The molecule has 1 saturated carbocycles. The number of ketones is 1. The molecule has 2 nitrogen and oxygen atoms in total. The maximum atomic E-state index is 11.4. The van der Waals surface area contributed by atoms with Crippen LogP contribution in [0.4, 0.5) is 0 Å². The van der Waals surface area contributed by atoms with Crippen LogP contribution >= 0.6 is 0 Å². The highest BCUT2D eigenvalue weighted by Gasteiger charge is 2.44. The second-order valence-corrected chi connectivity index (χ2v) is 3.51. The van der Waals surface area contributed by atoms with E-state index in [2.05, 4.69) is 5.32 Å². The molecule has 0 aromatic heterocycles. The lowest BCUT2D eigenvalue weighted by Crippen LogP contribution is -2.59. The first-order valence-electron chi connectivity index (χ1n) is 4.08. The monoisotopic (exact) mass is 139 g/mol. The summed E-state index contributed by atoms with van der Waals surface area (Å²) in [5.74, 6) is 0.512. The summed E-state index contributed by atoms with van der Waals surface area (Å²) in [6.07, 6.45) is 4.36. The van der Waals surface area contributed by atoms with Crippen LogP contribution in [0, 0.1) is 5.41 Å². The van der Waals surface area contributed by atoms with E-state index in [0.717, 1.165) is 32.4 Å². The Bertz CT molecular complexity index is 161. The number of nitrogens with one attached hydrogen (secondary N) is 1. The summed E-state index contributed by atoms with van der Waals surface area (Å²) in [6, 6.07) is 0. The minimum Gasteiger partial charge on any atom is -0.315 e. The van der Waals surface area contributed by atoms with Gasteiger partial charge in [-0.25, -0.2) is 0 Å². The van der Waals surface area contributed by atoms with Crippen molar-refractivity contribution in [2.45, 2.75) is 25.7 Å². The van der Waals surface area contributed by atoms with Crippen molar-refractivity contribution >= 4 is 5.78 Å². The summed E-state index contributed by atoms with van der Waals surface area (Å²) in [6.45, 7) is 1.90. The molecule has 2 rings (SSSR count). The molecule has 1 aliphatic heterocycles. The van der Waals surface area contributed by atoms with Crippen LogP contribution in [0.3, 0.4) is 0 Å². The van der Waals surface area contributed by atoms with Gasteiger partial charge in [-0.3, -0.25) is 4.79 Å². The Morgan fingerprint density at radius 1 is 1.30 bits per heavy atom. The van der Waals surface area contributed by atoms with Crippen LogP contribution in [-0.4, -0.2) is 18.9 Å². The Kier molecular flexibility index (Phi) is 1.31. The lowest BCUT2D eigenvalue weighted by atomic mass is 9.69. The fourth-order valence-electron chi connectivity index (χ4n) is 1.95. The fraction of sp³-hybridized carbons (Fsp3) is 0.875. The van der Waals surface area contributed by atoms with E-state index in [1.165, 1.54) is 6.42 Å². The molecule has 0 bridgehead atoms. The number of hydrogen-bond acceptors (Lipinski definition) is 2. The molecule has 0 unspecified atom stereocenters. The van der Waals surface area contributed by atoms with Gasteiger partial charge in [0.05, 0.1) is 5.41 Å². The number of hydrogen-bond donors (Lipinski definition) is 1. The molecular weight excluding hydrogens is 126 g/mol. The highest BCUT2D eigenvalue weighted by atomic mass is 16.1. The molecule has 0 atom stereocenters. The van der Waals surface area contributed by atoms with Gasteiger partial charge in [0.2, 0.25) is 0 Å². The van der Waals surface area contributed by atoms with Crippen molar-refractivity contribution in [2.75, 3.05) is 13.1 Å². The lowest BCUT2D eigenvalue weighted by Gasteiger charge is -2.43. The highest BCUT2D eigenvalue weighted by Crippen LogP contribution is 2.36. The zero-order chi connectivity index (χ0) is 7.03. The third-order valence-corrected chi connectivity index (χ3v) is 2.83. The van der Waals surface area contributed by atoms with Gasteiger partial charge in [-0.05, 0) is 12.8 Å². The lowest BCUT2D eigenvalue weighted by molar-refractivity contribution is -0.134. The zero-order valence-corrected chi connectivity index (χ0v) is 6.15. The van der Waals surface area contributed by atoms with Crippen molar-refractivity contribution in [3.63, 3.8) is 0 Å². The second kappa shape index (κ2) is 2.06. The number of carbonyl (C=O) groups is 1. The smallest absolute Gasteiger partial charge is 0.141 e. The molecule has 0 aromatic rings. The van der Waals surface area contributed by atoms with Gasteiger partial charge in [0.1, 0.15) is 5.78 Å². The van der Waals surface area contributed by atoms with E-state index in [0.29, 0.717) is 5.78 Å². The number of carbonyl (C=O) groups excluding carboxylic acids is 1. The maximum absolute atomic E-state index is 11.4. The summed E-state index contributed by atoms with van der Waals surface area (Å²) < 4.78 is 0. The van der Waals surface area contributed by atoms with Crippen molar-refractivity contribution in [2.24, 2.45) is 5.41 Å². The van der Waals surface area contributed by atoms with Gasteiger partial charge in [0, 0.05) is 19.5 Å². The molecule has 1 saturated heterocycles. The average Bonchev–Trinajstić information content (AvgIpc) is 1.85. The van der Waals surface area contributed by atoms with Crippen molar-refractivity contribution in [1.82, 2.24) is 5.32 Å². The standard InChI is InChI=1S/C8H13NO/c10-7-3-1-2-4-8(7)5-9-6-8/h9H,1-6H2. The van der Waals surface area contributed by atoms with E-state index < -0.39 is 0 Å². The van der Waals surface area contributed by atoms with Crippen molar-refractivity contribution in [3.8, 4) is 0 Å². The first kappa shape index (κ1) is 6.35. The molecule has 2 heteroatoms. The molecule has 1 aliphatic carbocycles. The average molecular weight is 139 g/mol. The highest BCUT2D eigenvalue weighted by molar-refractivity contribution is 5.86. The Morgan fingerprint density at radius 3 is 2.50 bits per heavy atom. The molecule has 56 valence electrons. The molecule has 0 radical (unpaired) electrons. The van der Waals surface area contributed by atoms with Crippen LogP contribution in [0.1, 0.15) is 25.7 Å². The predicted molar refractivity (Wildman–Crippen MR) is 38.8 cm³/mol. The molecule has 1 N–H and O–H groups in total. The molecule has 2 fully saturated rings. The summed E-state index contributed by atoms with van der Waals surface area (Å²) in [5.41, 5.74) is 0.109. The summed E-state index contributed by atoms with van der Waals surface area (Å²) in [7, 11) is 0. The quantitative estimate of drug-likeness (QED) is 0.535. The zero-order valence-electron chi connectivity index (χ0n) is 6.15. The minimum atomic E-state index is 0.109. The number of rotatable bonds is 0. The van der Waals surface area contributed by atoms with Crippen LogP contribution in [0.15, 0.2) is 0 Å². The van der Waals surface area contributed by atoms with E-state index in [-0.39, 0.29) is 5.41 Å². The topological polar surface area (TPSA) is 29.1 Å². The van der Waals surface area contributed by atoms with Crippen LogP contribution in [0.25, 0.3) is 0 Å². The summed E-state index contributed by atoms with van der Waals surface area (Å²) in [5, 5.41) is 3.18. The van der Waals surface area contributed by atoms with E-state index in [4.69, 9.17) is 0 Å². The second-order valence-electron chi connectivity index (χ2n) is 3.51. The number of Topliss-reactive ketones (excluding diaryl/α,β-unsaturated/α-hetero) is 1. The van der Waals surface area contributed by atoms with Gasteiger partial charge >= 0.3 is 0 Å². The van der Waals surface area contributed by atoms with E-state index in [9.17, 15) is 4.79 Å². The Balaban J connectivity index is 2.10. The first-order valence-corrected chi connectivity index (χ1v) is 4.08. The Morgan fingerprint density at radius 2 is 2.10 bits per heavy atom. The van der Waals surface area contributed by atoms with Gasteiger partial charge in [-0.1, -0.05) is 6.42 Å². The summed E-state index contributed by atoms with van der Waals surface area (Å²) in [4.78, 5) is 11.4. The molecule has 0 aromatic carbocycles. The van der Waals surface area contributed by atoms with Crippen LogP contribution in [0.5, 0.6) is 0 Å². The minimum absolute atomic E-state index is 0.109. The molecule has 1 spiro atoms. The molecular formula is C8H13NO. The van der Waals surface area contributed by atoms with Crippen LogP contribution in [-0.2, 0) is 4.79 Å². The molecule has 0 amide bonds. The van der Waals surface area contributed by atoms with E-state index in [1.807, 2.05) is 0 Å². The van der Waals surface area contributed by atoms with Gasteiger partial charge in [-0.15, -0.1) is 0 Å². The van der Waals surface area contributed by atoms with Gasteiger partial charge in [0.25, 0.3) is 0 Å². The van der Waals surface area contributed by atoms with Gasteiger partial charge in [-0.2, -0.15) is 0 Å². The van der Waals surface area contributed by atoms with E-state index >= 15 is 0 Å². The van der Waals surface area contributed by atoms with E-state index in [1.54, 1.807) is 0 Å². The van der Waals surface area contributed by atoms with Crippen molar-refractivity contribution in [3.05, 3.63) is 0 Å². The normalized spacial score (nSPS) is 30.2. The third-order valence-electron chi connectivity index (χ3n) is 2.83. The van der Waals surface area contributed by atoms with Gasteiger partial charge < -0.3 is 5.32 Å². The SMILES string of the molecule is O=C1CCCCC12CNC2. The van der Waals surface area contributed by atoms with Crippen molar-refractivity contribution in [1.29, 1.82) is 0 Å². The van der Waals surface area contributed by atoms with Gasteiger partial charge in [0.15, 0.2) is 0 Å². The maximum Gasteiger partial charge on any atom is 0.141 e. The largest absolute Gasteiger partial charge is 0.315 e. The predicted octanol–water partition coefficient (Wildman–Crippen LogP) is 0.719.